The maximum Gasteiger partial charge on any atom is 0.315 e. The third kappa shape index (κ3) is 16.6. The minimum Gasteiger partial charge on any atom is -0.437 e. The van der Waals surface area contributed by atoms with Crippen LogP contribution in [0.25, 0.3) is 0 Å². The van der Waals surface area contributed by atoms with E-state index in [9.17, 15) is 10.2 Å². The van der Waals surface area contributed by atoms with Crippen molar-refractivity contribution in [2.75, 3.05) is 13.7 Å². The van der Waals surface area contributed by atoms with E-state index in [-0.39, 0.29) is 6.61 Å². The van der Waals surface area contributed by atoms with Crippen molar-refractivity contribution in [1.29, 1.82) is 0 Å². The molecule has 0 aromatic heterocycles. The molecule has 0 radical (unpaired) electrons. The zero-order valence-corrected chi connectivity index (χ0v) is 31.2. The molecule has 6 atom stereocenters. The van der Waals surface area contributed by atoms with Crippen LogP contribution < -0.4 is 0 Å². The third-order valence-electron chi connectivity index (χ3n) is 4.84. The fourth-order valence-corrected chi connectivity index (χ4v) is 27.8. The predicted octanol–water partition coefficient (Wildman–Crippen LogP) is 3.84. The summed E-state index contributed by atoms with van der Waals surface area (Å²) in [5.41, 5.74) is 0. The van der Waals surface area contributed by atoms with Crippen molar-refractivity contribution < 1.29 is 46.4 Å². The van der Waals surface area contributed by atoms with Crippen LogP contribution in [-0.2, 0) is 25.9 Å². The van der Waals surface area contributed by atoms with Crippen LogP contribution in [0.2, 0.25) is 78.1 Å². The quantitative estimate of drug-likeness (QED) is 0.185. The van der Waals surface area contributed by atoms with E-state index >= 15 is 0 Å². The molecule has 1 aliphatic rings. The van der Waals surface area contributed by atoms with Crippen LogP contribution in [0, 0.1) is 0 Å². The molecule has 1 aliphatic heterocycles. The maximum absolute atomic E-state index is 9.38. The average molecular weight is 635 g/mol. The Labute approximate surface area is 237 Å². The number of hydrogen-bond donors (Lipinski definition) is 4. The van der Waals surface area contributed by atoms with Crippen LogP contribution in [0.4, 0.5) is 0 Å². The molecule has 0 amide bonds. The fraction of sp³-hybridized carbons (Fsp3) is 0.913. The van der Waals surface area contributed by atoms with Crippen LogP contribution in [0.5, 0.6) is 0 Å². The molecule has 230 valence electrons. The topological polar surface area (TPSA) is 136 Å². The van der Waals surface area contributed by atoms with Gasteiger partial charge in [0, 0.05) is 7.11 Å². The highest BCUT2D eigenvalue weighted by atomic mass is 28.5. The molecule has 1 fully saturated rings. The minimum atomic E-state index is -2.29. The summed E-state index contributed by atoms with van der Waals surface area (Å²) < 4.78 is 35.6. The van der Waals surface area contributed by atoms with Gasteiger partial charge < -0.3 is 46.4 Å². The Hall–Kier alpha value is 0.424. The Bertz CT molecular complexity index is 657. The SMILES string of the molecule is C=C.CCC[Si](C)(O[Si](C)(C)C)O[Si](C)(C)O[Si](C)(C)O[Si](C)(C)C.COC1C(CO)OC(O)C(O)C1O. The second-order valence-corrected chi connectivity index (χ2v) is 32.3. The van der Waals surface area contributed by atoms with E-state index in [0.717, 1.165) is 12.5 Å². The van der Waals surface area contributed by atoms with Crippen LogP contribution in [0.3, 0.4) is 0 Å². The zero-order valence-electron chi connectivity index (χ0n) is 26.2. The monoisotopic (exact) mass is 634 g/mol. The van der Waals surface area contributed by atoms with E-state index in [1.54, 1.807) is 0 Å². The molecule has 1 saturated heterocycles. The standard InChI is InChI=1S/C14H40O4Si5.C7H14O6.C2H4/c1-13-14-23(12,16-20(5,6)7)18-22(10,11)17-21(8,9)15-19(2,3)4;1-12-6-3(2-8)13-7(11)5(10)4(6)9;1-2/h13-14H2,1-12H3;3-11H,2H2,1H3;1-2H2. The Balaban J connectivity index is 0. The Kier molecular flexibility index (Phi) is 17.9. The van der Waals surface area contributed by atoms with E-state index in [4.69, 9.17) is 36.1 Å². The lowest BCUT2D eigenvalue weighted by molar-refractivity contribution is -0.290. The van der Waals surface area contributed by atoms with Crippen LogP contribution in [0.15, 0.2) is 13.2 Å². The first-order valence-corrected chi connectivity index (χ1v) is 28.1. The lowest BCUT2D eigenvalue weighted by atomic mass is 9.99. The van der Waals surface area contributed by atoms with Crippen LogP contribution >= 0.6 is 0 Å². The summed E-state index contributed by atoms with van der Waals surface area (Å²) in [4.78, 5) is 0. The molecule has 6 unspecified atom stereocenters. The summed E-state index contributed by atoms with van der Waals surface area (Å²) in [6, 6.07) is 1.02. The van der Waals surface area contributed by atoms with Crippen molar-refractivity contribution >= 4 is 42.3 Å². The third-order valence-corrected chi connectivity index (χ3v) is 22.5. The second kappa shape index (κ2) is 16.8. The fourth-order valence-electron chi connectivity index (χ4n) is 4.47. The van der Waals surface area contributed by atoms with Gasteiger partial charge in [-0.1, -0.05) is 13.3 Å². The Morgan fingerprint density at radius 1 is 0.711 bits per heavy atom. The molecule has 0 aromatic rings. The molecular formula is C23H58O10Si5. The van der Waals surface area contributed by atoms with Crippen LogP contribution in [-0.4, -0.2) is 107 Å². The average Bonchev–Trinajstić information content (AvgIpc) is 2.68. The molecule has 0 aromatic carbocycles. The van der Waals surface area contributed by atoms with E-state index in [0.29, 0.717) is 0 Å². The van der Waals surface area contributed by atoms with Gasteiger partial charge in [0.25, 0.3) is 0 Å². The lowest BCUT2D eigenvalue weighted by Gasteiger charge is -2.42. The van der Waals surface area contributed by atoms with Crippen molar-refractivity contribution in [1.82, 2.24) is 0 Å². The smallest absolute Gasteiger partial charge is 0.315 e. The first kappa shape index (κ1) is 40.6. The molecule has 1 heterocycles. The number of rotatable bonds is 12. The molecule has 0 spiro atoms. The van der Waals surface area contributed by atoms with Crippen molar-refractivity contribution in [2.24, 2.45) is 0 Å². The zero-order chi connectivity index (χ0) is 30.8. The van der Waals surface area contributed by atoms with Crippen molar-refractivity contribution in [3.05, 3.63) is 13.2 Å². The van der Waals surface area contributed by atoms with Crippen molar-refractivity contribution in [2.45, 2.75) is 122 Å². The predicted molar refractivity (Wildman–Crippen MR) is 165 cm³/mol. The van der Waals surface area contributed by atoms with E-state index in [1.807, 2.05) is 0 Å². The molecule has 1 rings (SSSR count). The van der Waals surface area contributed by atoms with E-state index < -0.39 is 73.0 Å². The van der Waals surface area contributed by atoms with Crippen molar-refractivity contribution in [3.8, 4) is 0 Å². The van der Waals surface area contributed by atoms with E-state index in [1.165, 1.54) is 7.11 Å². The van der Waals surface area contributed by atoms with Gasteiger partial charge in [-0.15, -0.1) is 13.2 Å². The number of aliphatic hydroxyl groups excluding tert-OH is 4. The molecule has 4 N–H and O–H groups in total. The molecule has 0 saturated carbocycles. The highest BCUT2D eigenvalue weighted by Crippen LogP contribution is 2.28. The van der Waals surface area contributed by atoms with E-state index in [2.05, 4.69) is 92.1 Å². The number of methoxy groups -OCH3 is 1. The normalized spacial score (nSPS) is 26.4. The summed E-state index contributed by atoms with van der Waals surface area (Å²) in [5, 5.41) is 36.4. The van der Waals surface area contributed by atoms with Gasteiger partial charge in [-0.05, 0) is 78.1 Å². The molecule has 38 heavy (non-hydrogen) atoms. The summed E-state index contributed by atoms with van der Waals surface area (Å²) in [5.74, 6) is 0. The molecule has 10 nitrogen and oxygen atoms in total. The van der Waals surface area contributed by atoms with Gasteiger partial charge >= 0.3 is 25.7 Å². The highest BCUT2D eigenvalue weighted by molar-refractivity contribution is 6.90. The second-order valence-electron chi connectivity index (χ2n) is 12.2. The first-order valence-electron chi connectivity index (χ1n) is 13.1. The van der Waals surface area contributed by atoms with Gasteiger partial charge in [0.1, 0.15) is 24.4 Å². The Morgan fingerprint density at radius 2 is 1.16 bits per heavy atom. The number of hydrogen-bond acceptors (Lipinski definition) is 10. The largest absolute Gasteiger partial charge is 0.437 e. The minimum absolute atomic E-state index is 0.390. The summed E-state index contributed by atoms with van der Waals surface area (Å²) >= 11 is 0. The maximum atomic E-state index is 9.38. The van der Waals surface area contributed by atoms with Gasteiger partial charge in [-0.2, -0.15) is 0 Å². The summed E-state index contributed by atoms with van der Waals surface area (Å²) in [6.07, 6.45) is -4.72. The van der Waals surface area contributed by atoms with Gasteiger partial charge in [0.15, 0.2) is 22.9 Å². The summed E-state index contributed by atoms with van der Waals surface area (Å²) in [6.45, 7) is 31.9. The molecule has 15 heteroatoms. The first-order chi connectivity index (χ1) is 17.0. The van der Waals surface area contributed by atoms with Gasteiger partial charge in [0.05, 0.1) is 6.61 Å². The molecule has 0 aliphatic carbocycles. The van der Waals surface area contributed by atoms with Crippen LogP contribution in [0.1, 0.15) is 13.3 Å². The number of ether oxygens (including phenoxy) is 2. The molecular weight excluding hydrogens is 577 g/mol. The summed E-state index contributed by atoms with van der Waals surface area (Å²) in [7, 11) is -8.60. The van der Waals surface area contributed by atoms with Gasteiger partial charge in [-0.3, -0.25) is 0 Å². The van der Waals surface area contributed by atoms with Gasteiger partial charge in [0.2, 0.25) is 0 Å². The Morgan fingerprint density at radius 3 is 1.53 bits per heavy atom. The lowest BCUT2D eigenvalue weighted by Crippen LogP contribution is -2.59. The highest BCUT2D eigenvalue weighted by Gasteiger charge is 2.46. The number of aliphatic hydroxyl groups is 4. The molecule has 0 bridgehead atoms. The van der Waals surface area contributed by atoms with Gasteiger partial charge in [-0.25, -0.2) is 0 Å². The van der Waals surface area contributed by atoms with Crippen molar-refractivity contribution in [3.63, 3.8) is 0 Å².